The molecule has 2 aromatic carbocycles. The molecular weight excluding hydrogens is 352 g/mol. The van der Waals surface area contributed by atoms with E-state index in [0.29, 0.717) is 18.0 Å². The lowest BCUT2D eigenvalue weighted by molar-refractivity contribution is -0.116. The average Bonchev–Trinajstić information content (AvgIpc) is 2.54. The first-order chi connectivity index (χ1) is 12.1. The van der Waals surface area contributed by atoms with Crippen LogP contribution in [0.1, 0.15) is 16.7 Å². The SMILES string of the molecule is Cc1cccc(COc2ccc(NC(=O)CN(C)S(C)(=O)=O)c(C)c2)c1. The predicted octanol–water partition coefficient (Wildman–Crippen LogP) is 2.71. The van der Waals surface area contributed by atoms with Crippen molar-refractivity contribution in [1.82, 2.24) is 4.31 Å². The molecule has 6 nitrogen and oxygen atoms in total. The zero-order chi connectivity index (χ0) is 19.3. The van der Waals surface area contributed by atoms with Crippen molar-refractivity contribution in [3.63, 3.8) is 0 Å². The second-order valence-corrected chi connectivity index (χ2v) is 8.41. The maximum absolute atomic E-state index is 12.0. The topological polar surface area (TPSA) is 75.7 Å². The van der Waals surface area contributed by atoms with Gasteiger partial charge in [0.25, 0.3) is 0 Å². The van der Waals surface area contributed by atoms with E-state index in [9.17, 15) is 13.2 Å². The van der Waals surface area contributed by atoms with Crippen LogP contribution in [-0.2, 0) is 21.4 Å². The van der Waals surface area contributed by atoms with Crippen molar-refractivity contribution in [3.8, 4) is 5.75 Å². The minimum atomic E-state index is -3.39. The summed E-state index contributed by atoms with van der Waals surface area (Å²) in [6.07, 6.45) is 1.06. The van der Waals surface area contributed by atoms with Crippen molar-refractivity contribution in [1.29, 1.82) is 0 Å². The number of aryl methyl sites for hydroxylation is 2. The van der Waals surface area contributed by atoms with Crippen molar-refractivity contribution in [3.05, 3.63) is 59.2 Å². The molecule has 0 bridgehead atoms. The van der Waals surface area contributed by atoms with Crippen LogP contribution in [0.5, 0.6) is 5.75 Å². The molecule has 0 saturated carbocycles. The van der Waals surface area contributed by atoms with Gasteiger partial charge in [0, 0.05) is 12.7 Å². The van der Waals surface area contributed by atoms with Crippen LogP contribution < -0.4 is 10.1 Å². The molecule has 0 saturated heterocycles. The molecule has 7 heteroatoms. The number of anilines is 1. The van der Waals surface area contributed by atoms with Gasteiger partial charge < -0.3 is 10.1 Å². The van der Waals surface area contributed by atoms with Gasteiger partial charge in [-0.05, 0) is 43.2 Å². The summed E-state index contributed by atoms with van der Waals surface area (Å²) in [6.45, 7) is 4.12. The molecule has 26 heavy (non-hydrogen) atoms. The highest BCUT2D eigenvalue weighted by molar-refractivity contribution is 7.88. The molecule has 0 aromatic heterocycles. The van der Waals surface area contributed by atoms with Gasteiger partial charge in [0.1, 0.15) is 12.4 Å². The Morgan fingerprint density at radius 2 is 1.88 bits per heavy atom. The molecule has 0 radical (unpaired) electrons. The number of benzene rings is 2. The maximum atomic E-state index is 12.0. The summed E-state index contributed by atoms with van der Waals surface area (Å²) in [6, 6.07) is 13.5. The first kappa shape index (κ1) is 19.9. The van der Waals surface area contributed by atoms with E-state index in [2.05, 4.69) is 11.4 Å². The highest BCUT2D eigenvalue weighted by atomic mass is 32.2. The molecule has 0 aliphatic heterocycles. The summed E-state index contributed by atoms with van der Waals surface area (Å²) < 4.78 is 29.5. The fourth-order valence-corrected chi connectivity index (χ4v) is 2.70. The van der Waals surface area contributed by atoms with Crippen LogP contribution in [0.15, 0.2) is 42.5 Å². The number of hydrogen-bond acceptors (Lipinski definition) is 4. The molecule has 0 aliphatic rings. The largest absolute Gasteiger partial charge is 0.489 e. The molecule has 0 spiro atoms. The number of carbonyl (C=O) groups is 1. The third-order valence-corrected chi connectivity index (χ3v) is 5.15. The van der Waals surface area contributed by atoms with Crippen LogP contribution in [0.25, 0.3) is 0 Å². The number of amides is 1. The average molecular weight is 376 g/mol. The zero-order valence-electron chi connectivity index (χ0n) is 15.4. The Labute approximate surface area is 154 Å². The molecule has 0 heterocycles. The van der Waals surface area contributed by atoms with Crippen LogP contribution >= 0.6 is 0 Å². The third-order valence-electron chi connectivity index (χ3n) is 3.89. The standard InChI is InChI=1S/C19H24N2O4S/c1-14-6-5-7-16(10-14)13-25-17-8-9-18(15(2)11-17)20-19(22)12-21(3)26(4,23)24/h5-11H,12-13H2,1-4H3,(H,20,22). The van der Waals surface area contributed by atoms with Gasteiger partial charge in [0.05, 0.1) is 12.8 Å². The Morgan fingerprint density at radius 1 is 1.15 bits per heavy atom. The summed E-state index contributed by atoms with van der Waals surface area (Å²) >= 11 is 0. The van der Waals surface area contributed by atoms with Gasteiger partial charge in [-0.1, -0.05) is 29.8 Å². The smallest absolute Gasteiger partial charge is 0.239 e. The summed E-state index contributed by atoms with van der Waals surface area (Å²) in [4.78, 5) is 12.0. The molecule has 1 N–H and O–H groups in total. The number of rotatable bonds is 7. The van der Waals surface area contributed by atoms with Gasteiger partial charge >= 0.3 is 0 Å². The van der Waals surface area contributed by atoms with Crippen molar-refractivity contribution >= 4 is 21.6 Å². The number of likely N-dealkylation sites (N-methyl/N-ethyl adjacent to an activating group) is 1. The van der Waals surface area contributed by atoms with E-state index < -0.39 is 15.9 Å². The third kappa shape index (κ3) is 5.86. The Bertz CT molecular complexity index is 894. The minimum Gasteiger partial charge on any atom is -0.489 e. The van der Waals surface area contributed by atoms with E-state index in [-0.39, 0.29) is 6.54 Å². The van der Waals surface area contributed by atoms with E-state index in [1.54, 1.807) is 12.1 Å². The number of ether oxygens (including phenoxy) is 1. The summed E-state index contributed by atoms with van der Waals surface area (Å²) in [5.41, 5.74) is 3.73. The molecule has 0 fully saturated rings. The Morgan fingerprint density at radius 3 is 2.50 bits per heavy atom. The van der Waals surface area contributed by atoms with E-state index in [4.69, 9.17) is 4.74 Å². The Kier molecular flexibility index (Phi) is 6.39. The van der Waals surface area contributed by atoms with Crippen molar-refractivity contribution < 1.29 is 17.9 Å². The molecule has 2 rings (SSSR count). The lowest BCUT2D eigenvalue weighted by Crippen LogP contribution is -2.34. The fraction of sp³-hybridized carbons (Fsp3) is 0.316. The normalized spacial score (nSPS) is 11.4. The summed E-state index contributed by atoms with van der Waals surface area (Å²) in [5, 5.41) is 2.72. The molecular formula is C19H24N2O4S. The van der Waals surface area contributed by atoms with Crippen LogP contribution in [0, 0.1) is 13.8 Å². The second-order valence-electron chi connectivity index (χ2n) is 6.32. The van der Waals surface area contributed by atoms with Crippen LogP contribution in [0.3, 0.4) is 0 Å². The van der Waals surface area contributed by atoms with Crippen molar-refractivity contribution in [2.24, 2.45) is 0 Å². The Hall–Kier alpha value is -2.38. The van der Waals surface area contributed by atoms with E-state index in [0.717, 1.165) is 21.7 Å². The highest BCUT2D eigenvalue weighted by Crippen LogP contribution is 2.22. The molecule has 140 valence electrons. The minimum absolute atomic E-state index is 0.232. The lowest BCUT2D eigenvalue weighted by Gasteiger charge is -2.15. The molecule has 0 atom stereocenters. The summed E-state index contributed by atoms with van der Waals surface area (Å²) in [5.74, 6) is 0.310. The van der Waals surface area contributed by atoms with Crippen molar-refractivity contribution in [2.45, 2.75) is 20.5 Å². The monoisotopic (exact) mass is 376 g/mol. The van der Waals surface area contributed by atoms with Gasteiger partial charge in [-0.3, -0.25) is 4.79 Å². The first-order valence-corrected chi connectivity index (χ1v) is 10.00. The predicted molar refractivity (Wildman–Crippen MR) is 103 cm³/mol. The van der Waals surface area contributed by atoms with Gasteiger partial charge in [0.15, 0.2) is 0 Å². The van der Waals surface area contributed by atoms with Gasteiger partial charge in [-0.2, -0.15) is 4.31 Å². The van der Waals surface area contributed by atoms with Crippen LogP contribution in [0.2, 0.25) is 0 Å². The van der Waals surface area contributed by atoms with E-state index in [1.165, 1.54) is 12.6 Å². The van der Waals surface area contributed by atoms with E-state index >= 15 is 0 Å². The van der Waals surface area contributed by atoms with Crippen molar-refractivity contribution in [2.75, 3.05) is 25.2 Å². The molecule has 0 unspecified atom stereocenters. The number of nitrogens with zero attached hydrogens (tertiary/aromatic N) is 1. The van der Waals surface area contributed by atoms with E-state index in [1.807, 2.05) is 38.1 Å². The molecule has 1 amide bonds. The quantitative estimate of drug-likeness (QED) is 0.806. The number of nitrogens with one attached hydrogen (secondary N) is 1. The highest BCUT2D eigenvalue weighted by Gasteiger charge is 2.15. The van der Waals surface area contributed by atoms with Crippen LogP contribution in [0.4, 0.5) is 5.69 Å². The lowest BCUT2D eigenvalue weighted by atomic mass is 10.1. The number of hydrogen-bond donors (Lipinski definition) is 1. The summed E-state index contributed by atoms with van der Waals surface area (Å²) in [7, 11) is -2.03. The maximum Gasteiger partial charge on any atom is 0.239 e. The van der Waals surface area contributed by atoms with Crippen LogP contribution in [-0.4, -0.2) is 38.5 Å². The number of carbonyl (C=O) groups excluding carboxylic acids is 1. The van der Waals surface area contributed by atoms with Gasteiger partial charge in [-0.25, -0.2) is 8.42 Å². The van der Waals surface area contributed by atoms with Gasteiger partial charge in [0.2, 0.25) is 15.9 Å². The molecule has 2 aromatic rings. The molecule has 0 aliphatic carbocycles. The first-order valence-electron chi connectivity index (χ1n) is 8.15. The number of sulfonamides is 1. The van der Waals surface area contributed by atoms with Gasteiger partial charge in [-0.15, -0.1) is 0 Å². The Balaban J connectivity index is 1.97. The fourth-order valence-electron chi connectivity index (χ4n) is 2.34. The zero-order valence-corrected chi connectivity index (χ0v) is 16.3. The second kappa shape index (κ2) is 8.33.